The van der Waals surface area contributed by atoms with Gasteiger partial charge in [-0.3, -0.25) is 9.59 Å². The van der Waals surface area contributed by atoms with Gasteiger partial charge in [0.2, 0.25) is 8.07 Å². The van der Waals surface area contributed by atoms with Crippen LogP contribution < -0.4 is 10.8 Å². The quantitative estimate of drug-likeness (QED) is 0.605. The maximum atomic E-state index is 10.6. The van der Waals surface area contributed by atoms with E-state index in [9.17, 15) is 9.59 Å². The van der Waals surface area contributed by atoms with Crippen molar-refractivity contribution < 1.29 is 18.4 Å². The summed E-state index contributed by atoms with van der Waals surface area (Å²) in [6.07, 6.45) is 1.35. The van der Waals surface area contributed by atoms with Gasteiger partial charge in [-0.2, -0.15) is 0 Å². The smallest absolute Gasteiger partial charge is 0.200 e. The fourth-order valence-corrected chi connectivity index (χ4v) is 3.61. The summed E-state index contributed by atoms with van der Waals surface area (Å²) in [5.41, 5.74) is 0. The van der Waals surface area contributed by atoms with E-state index in [2.05, 4.69) is 0 Å². The van der Waals surface area contributed by atoms with Crippen LogP contribution in [0.25, 0.3) is 0 Å². The van der Waals surface area contributed by atoms with E-state index < -0.39 is 8.07 Å². The zero-order chi connectivity index (χ0) is 12.5. The third-order valence-electron chi connectivity index (χ3n) is 2.72. The van der Waals surface area contributed by atoms with Crippen LogP contribution in [0.4, 0.5) is 0 Å². The molecule has 0 radical (unpaired) electrons. The maximum absolute atomic E-state index is 10.6. The van der Waals surface area contributed by atoms with Crippen LogP contribution in [0.3, 0.4) is 0 Å². The summed E-state index contributed by atoms with van der Waals surface area (Å²) in [7, 11) is -2.10. The fraction of sp³-hybridized carbons (Fsp3) is 0.167. The van der Waals surface area contributed by atoms with Gasteiger partial charge in [0.25, 0.3) is 0 Å². The van der Waals surface area contributed by atoms with Gasteiger partial charge >= 0.3 is 0 Å². The lowest BCUT2D eigenvalue weighted by Crippen LogP contribution is -2.51. The van der Waals surface area contributed by atoms with E-state index in [0.29, 0.717) is 24.1 Å². The molecule has 0 amide bonds. The fourth-order valence-electron chi connectivity index (χ4n) is 1.63. The van der Waals surface area contributed by atoms with Gasteiger partial charge in [-0.15, -0.1) is 0 Å². The van der Waals surface area contributed by atoms with E-state index >= 15 is 0 Å². The molecule has 0 aliphatic carbocycles. The molecular formula is C12H12O4Si. The van der Waals surface area contributed by atoms with Gasteiger partial charge in [-0.1, -0.05) is 13.1 Å². The predicted molar refractivity (Wildman–Crippen MR) is 64.9 cm³/mol. The Balaban J connectivity index is 2.40. The Kier molecular flexibility index (Phi) is 2.85. The van der Waals surface area contributed by atoms with Crippen LogP contribution in [-0.2, 0) is 0 Å². The molecule has 0 atom stereocenters. The molecule has 2 aromatic heterocycles. The first-order valence-corrected chi connectivity index (χ1v) is 8.19. The summed E-state index contributed by atoms with van der Waals surface area (Å²) in [4.78, 5) is 21.2. The van der Waals surface area contributed by atoms with Gasteiger partial charge < -0.3 is 8.83 Å². The second kappa shape index (κ2) is 4.18. The van der Waals surface area contributed by atoms with Crippen LogP contribution in [0.1, 0.15) is 21.1 Å². The van der Waals surface area contributed by atoms with Crippen LogP contribution in [0.2, 0.25) is 13.1 Å². The third kappa shape index (κ3) is 2.01. The Bertz CT molecular complexity index is 502. The Morgan fingerprint density at radius 3 is 1.59 bits per heavy atom. The van der Waals surface area contributed by atoms with Gasteiger partial charge in [0, 0.05) is 0 Å². The van der Waals surface area contributed by atoms with Crippen molar-refractivity contribution in [3.8, 4) is 0 Å². The molecule has 0 unspecified atom stereocenters. The Morgan fingerprint density at radius 1 is 0.882 bits per heavy atom. The van der Waals surface area contributed by atoms with Crippen LogP contribution in [0, 0.1) is 0 Å². The van der Waals surface area contributed by atoms with E-state index in [1.165, 1.54) is 0 Å². The molecule has 0 bridgehead atoms. The zero-order valence-corrected chi connectivity index (χ0v) is 10.6. The van der Waals surface area contributed by atoms with Crippen LogP contribution in [-0.4, -0.2) is 20.6 Å². The van der Waals surface area contributed by atoms with Gasteiger partial charge in [0.05, 0.1) is 10.8 Å². The number of hydrogen-bond acceptors (Lipinski definition) is 4. The van der Waals surface area contributed by atoms with Gasteiger partial charge in [-0.25, -0.2) is 0 Å². The number of carbonyl (C=O) groups excluding carboxylic acids is 2. The second-order valence-electron chi connectivity index (χ2n) is 4.26. The number of rotatable bonds is 4. The predicted octanol–water partition coefficient (Wildman–Crippen LogP) is 1.32. The van der Waals surface area contributed by atoms with Crippen molar-refractivity contribution in [2.45, 2.75) is 13.1 Å². The summed E-state index contributed by atoms with van der Waals surface area (Å²) >= 11 is 0. The lowest BCUT2D eigenvalue weighted by atomic mass is 10.5. The number of aldehydes is 2. The van der Waals surface area contributed by atoms with Crippen molar-refractivity contribution in [2.75, 3.05) is 0 Å². The Labute approximate surface area is 99.2 Å². The molecule has 0 saturated carbocycles. The molecule has 0 aliphatic rings. The number of carbonyl (C=O) groups is 2. The highest BCUT2D eigenvalue weighted by Crippen LogP contribution is 2.09. The van der Waals surface area contributed by atoms with Crippen molar-refractivity contribution in [3.63, 3.8) is 0 Å². The molecule has 17 heavy (non-hydrogen) atoms. The second-order valence-corrected chi connectivity index (χ2v) is 8.50. The van der Waals surface area contributed by atoms with E-state index in [0.717, 1.165) is 10.8 Å². The Morgan fingerprint density at radius 2 is 1.29 bits per heavy atom. The highest BCUT2D eigenvalue weighted by molar-refractivity contribution is 6.98. The third-order valence-corrected chi connectivity index (χ3v) is 5.72. The molecule has 2 rings (SSSR count). The van der Waals surface area contributed by atoms with E-state index in [1.807, 2.05) is 13.1 Å². The number of hydrogen-bond donors (Lipinski definition) is 0. The van der Waals surface area contributed by atoms with Gasteiger partial charge in [-0.05, 0) is 24.3 Å². The molecule has 0 aliphatic heterocycles. The van der Waals surface area contributed by atoms with E-state index in [1.54, 1.807) is 24.3 Å². The lowest BCUT2D eigenvalue weighted by Gasteiger charge is -2.15. The first kappa shape index (κ1) is 11.6. The van der Waals surface area contributed by atoms with Gasteiger partial charge in [0.15, 0.2) is 24.1 Å². The van der Waals surface area contributed by atoms with E-state index in [-0.39, 0.29) is 0 Å². The van der Waals surface area contributed by atoms with E-state index in [4.69, 9.17) is 8.83 Å². The largest absolute Gasteiger partial charge is 0.463 e. The highest BCUT2D eigenvalue weighted by Gasteiger charge is 2.33. The van der Waals surface area contributed by atoms with Crippen LogP contribution in [0.15, 0.2) is 33.1 Å². The minimum absolute atomic E-state index is 0.308. The van der Waals surface area contributed by atoms with Crippen molar-refractivity contribution in [1.29, 1.82) is 0 Å². The van der Waals surface area contributed by atoms with Gasteiger partial charge in [0.1, 0.15) is 0 Å². The first-order valence-electron chi connectivity index (χ1n) is 5.19. The minimum atomic E-state index is -2.10. The van der Waals surface area contributed by atoms with Crippen molar-refractivity contribution >= 4 is 31.4 Å². The maximum Gasteiger partial charge on any atom is 0.200 e. The summed E-state index contributed by atoms with van der Waals surface area (Å²) in [6, 6.07) is 6.86. The average molecular weight is 248 g/mol. The monoisotopic (exact) mass is 248 g/mol. The molecule has 88 valence electrons. The summed E-state index contributed by atoms with van der Waals surface area (Å²) in [5.74, 6) is 0.616. The first-order chi connectivity index (χ1) is 8.07. The lowest BCUT2D eigenvalue weighted by molar-refractivity contribution is 0.109. The Hall–Kier alpha value is -1.88. The van der Waals surface area contributed by atoms with Crippen LogP contribution in [0.5, 0.6) is 0 Å². The van der Waals surface area contributed by atoms with Crippen molar-refractivity contribution in [3.05, 3.63) is 35.8 Å². The molecule has 0 spiro atoms. The number of furan rings is 2. The molecule has 0 saturated heterocycles. The summed E-state index contributed by atoms with van der Waals surface area (Å²) < 4.78 is 10.9. The average Bonchev–Trinajstić information content (AvgIpc) is 2.98. The molecule has 0 aromatic carbocycles. The summed E-state index contributed by atoms with van der Waals surface area (Å²) in [5, 5.41) is 1.51. The topological polar surface area (TPSA) is 60.4 Å². The van der Waals surface area contributed by atoms with Crippen molar-refractivity contribution in [2.24, 2.45) is 0 Å². The molecule has 2 aromatic rings. The molecule has 4 nitrogen and oxygen atoms in total. The van der Waals surface area contributed by atoms with Crippen molar-refractivity contribution in [1.82, 2.24) is 0 Å². The molecular weight excluding hydrogens is 236 g/mol. The molecule has 5 heteroatoms. The SMILES string of the molecule is C[Si](C)(c1ccc(C=O)o1)c1ccc(C=O)o1. The molecule has 2 heterocycles. The summed E-state index contributed by atoms with van der Waals surface area (Å²) in [6.45, 7) is 4.07. The van der Waals surface area contributed by atoms with Crippen LogP contribution >= 0.6 is 0 Å². The minimum Gasteiger partial charge on any atom is -0.463 e. The standard InChI is InChI=1S/C12H12O4Si/c1-17(2,11-5-3-9(7-13)15-11)12-6-4-10(8-14)16-12/h3-8H,1-2H3. The molecule has 0 fully saturated rings. The normalized spacial score (nSPS) is 11.4. The zero-order valence-electron chi connectivity index (χ0n) is 9.60. The highest BCUT2D eigenvalue weighted by atomic mass is 28.3. The molecule has 0 N–H and O–H groups in total.